The van der Waals surface area contributed by atoms with Crippen molar-refractivity contribution in [3.05, 3.63) is 83.2 Å². The zero-order valence-corrected chi connectivity index (χ0v) is 15.2. The Morgan fingerprint density at radius 1 is 0.964 bits per heavy atom. The average molecular weight is 378 g/mol. The lowest BCUT2D eigenvalue weighted by Crippen LogP contribution is -2.17. The van der Waals surface area contributed by atoms with E-state index in [0.717, 1.165) is 0 Å². The topological polar surface area (TPSA) is 59.8 Å². The van der Waals surface area contributed by atoms with Gasteiger partial charge in [0.05, 0.1) is 28.2 Å². The predicted octanol–water partition coefficient (Wildman–Crippen LogP) is 4.57. The number of aromatic nitrogens is 3. The van der Waals surface area contributed by atoms with Gasteiger partial charge >= 0.3 is 0 Å². The summed E-state index contributed by atoms with van der Waals surface area (Å²) in [4.78, 5) is 17.2. The summed E-state index contributed by atoms with van der Waals surface area (Å²) < 4.78 is 28.1. The van der Waals surface area contributed by atoms with Gasteiger partial charge in [-0.3, -0.25) is 9.78 Å². The first-order valence-electron chi connectivity index (χ1n) is 8.61. The van der Waals surface area contributed by atoms with Crippen molar-refractivity contribution >= 4 is 22.6 Å². The van der Waals surface area contributed by atoms with Crippen molar-refractivity contribution in [3.8, 4) is 5.69 Å². The van der Waals surface area contributed by atoms with Crippen LogP contribution in [-0.4, -0.2) is 20.7 Å². The number of pyridine rings is 1. The third-order valence-corrected chi connectivity index (χ3v) is 4.36. The van der Waals surface area contributed by atoms with Crippen LogP contribution in [0.3, 0.4) is 0 Å². The van der Waals surface area contributed by atoms with Crippen LogP contribution in [0, 0.1) is 25.5 Å². The first-order valence-corrected chi connectivity index (χ1v) is 8.61. The van der Waals surface area contributed by atoms with Crippen LogP contribution in [0.4, 0.5) is 14.6 Å². The van der Waals surface area contributed by atoms with Crippen LogP contribution in [-0.2, 0) is 0 Å². The van der Waals surface area contributed by atoms with E-state index in [-0.39, 0.29) is 17.5 Å². The minimum absolute atomic E-state index is 0.354. The zero-order valence-electron chi connectivity index (χ0n) is 15.2. The number of benzene rings is 2. The maximum atomic E-state index is 13.4. The molecule has 4 rings (SSSR count). The summed E-state index contributed by atoms with van der Waals surface area (Å²) in [6.07, 6.45) is 0. The first-order chi connectivity index (χ1) is 13.4. The lowest BCUT2D eigenvalue weighted by Gasteiger charge is -2.11. The SMILES string of the molecule is Cc1cc(NC(=O)c2cc3ccc(F)cc3nc2C)n(-c2ccc(F)cc2)n1. The second kappa shape index (κ2) is 6.84. The van der Waals surface area contributed by atoms with Crippen molar-refractivity contribution in [1.82, 2.24) is 14.8 Å². The van der Waals surface area contributed by atoms with Gasteiger partial charge in [0.2, 0.25) is 0 Å². The van der Waals surface area contributed by atoms with Gasteiger partial charge in [0.25, 0.3) is 5.91 Å². The van der Waals surface area contributed by atoms with Crippen molar-refractivity contribution in [1.29, 1.82) is 0 Å². The number of anilines is 1. The first kappa shape index (κ1) is 17.8. The lowest BCUT2D eigenvalue weighted by molar-refractivity contribution is 0.102. The number of fused-ring (bicyclic) bond motifs is 1. The number of nitrogens with zero attached hydrogens (tertiary/aromatic N) is 3. The number of rotatable bonds is 3. The number of nitrogens with one attached hydrogen (secondary N) is 1. The van der Waals surface area contributed by atoms with Crippen LogP contribution >= 0.6 is 0 Å². The van der Waals surface area contributed by atoms with E-state index < -0.39 is 0 Å². The molecule has 0 aliphatic rings. The largest absolute Gasteiger partial charge is 0.306 e. The summed E-state index contributed by atoms with van der Waals surface area (Å²) in [7, 11) is 0. The normalized spacial score (nSPS) is 11.0. The Hall–Kier alpha value is -3.61. The fourth-order valence-corrected chi connectivity index (χ4v) is 3.02. The molecule has 0 atom stereocenters. The Kier molecular flexibility index (Phi) is 4.35. The van der Waals surface area contributed by atoms with E-state index in [0.29, 0.717) is 39.4 Å². The number of hydrogen-bond acceptors (Lipinski definition) is 3. The van der Waals surface area contributed by atoms with Gasteiger partial charge in [-0.1, -0.05) is 0 Å². The van der Waals surface area contributed by atoms with Gasteiger partial charge in [-0.05, 0) is 56.3 Å². The Bertz CT molecular complexity index is 1200. The Balaban J connectivity index is 1.69. The van der Waals surface area contributed by atoms with Crippen molar-refractivity contribution in [2.24, 2.45) is 0 Å². The van der Waals surface area contributed by atoms with Crippen LogP contribution in [0.5, 0.6) is 0 Å². The van der Waals surface area contributed by atoms with E-state index in [4.69, 9.17) is 0 Å². The monoisotopic (exact) mass is 378 g/mol. The van der Waals surface area contributed by atoms with Crippen LogP contribution in [0.15, 0.2) is 54.6 Å². The number of hydrogen-bond donors (Lipinski definition) is 1. The maximum Gasteiger partial charge on any atom is 0.258 e. The molecule has 1 amide bonds. The van der Waals surface area contributed by atoms with Crippen molar-refractivity contribution in [2.75, 3.05) is 5.32 Å². The molecule has 140 valence electrons. The molecule has 4 aromatic rings. The summed E-state index contributed by atoms with van der Waals surface area (Å²) in [5.74, 6) is -0.644. The molecule has 0 saturated carbocycles. The van der Waals surface area contributed by atoms with E-state index in [9.17, 15) is 13.6 Å². The highest BCUT2D eigenvalue weighted by Gasteiger charge is 2.16. The molecule has 0 saturated heterocycles. The third kappa shape index (κ3) is 3.34. The molecule has 0 unspecified atom stereocenters. The van der Waals surface area contributed by atoms with Gasteiger partial charge in [-0.25, -0.2) is 13.5 Å². The summed E-state index contributed by atoms with van der Waals surface area (Å²) in [6, 6.07) is 13.5. The summed E-state index contributed by atoms with van der Waals surface area (Å²) >= 11 is 0. The van der Waals surface area contributed by atoms with E-state index >= 15 is 0 Å². The maximum absolute atomic E-state index is 13.4. The Labute approximate surface area is 159 Å². The van der Waals surface area contributed by atoms with Gasteiger partial charge in [-0.2, -0.15) is 5.10 Å². The van der Waals surface area contributed by atoms with Gasteiger partial charge < -0.3 is 5.32 Å². The second-order valence-corrected chi connectivity index (χ2v) is 6.47. The van der Waals surface area contributed by atoms with Crippen LogP contribution < -0.4 is 5.32 Å². The molecule has 2 aromatic carbocycles. The number of aryl methyl sites for hydroxylation is 2. The molecular weight excluding hydrogens is 362 g/mol. The quantitative estimate of drug-likeness (QED) is 0.568. The van der Waals surface area contributed by atoms with Gasteiger partial charge in [0.1, 0.15) is 17.5 Å². The molecule has 0 aliphatic carbocycles. The molecule has 0 fully saturated rings. The standard InChI is InChI=1S/C21H16F2N4O/c1-12-9-20(27(26-12)17-7-5-15(22)6-8-17)25-21(28)18-10-14-3-4-16(23)11-19(14)24-13(18)2/h3-11H,1-2H3,(H,25,28). The summed E-state index contributed by atoms with van der Waals surface area (Å²) in [6.45, 7) is 3.49. The van der Waals surface area contributed by atoms with Crippen molar-refractivity contribution in [3.63, 3.8) is 0 Å². The van der Waals surface area contributed by atoms with E-state index in [1.54, 1.807) is 44.2 Å². The zero-order chi connectivity index (χ0) is 19.8. The molecular formula is C21H16F2N4O. The highest BCUT2D eigenvalue weighted by Crippen LogP contribution is 2.21. The van der Waals surface area contributed by atoms with Crippen LogP contribution in [0.25, 0.3) is 16.6 Å². The molecule has 2 aromatic heterocycles. The lowest BCUT2D eigenvalue weighted by atomic mass is 10.1. The highest BCUT2D eigenvalue weighted by molar-refractivity contribution is 6.06. The number of amides is 1. The van der Waals surface area contributed by atoms with Gasteiger partial charge in [0, 0.05) is 17.5 Å². The van der Waals surface area contributed by atoms with Crippen LogP contribution in [0.2, 0.25) is 0 Å². The molecule has 0 bridgehead atoms. The van der Waals surface area contributed by atoms with Crippen LogP contribution in [0.1, 0.15) is 21.7 Å². The molecule has 2 heterocycles. The molecule has 5 nitrogen and oxygen atoms in total. The molecule has 1 N–H and O–H groups in total. The van der Waals surface area contributed by atoms with Crippen molar-refractivity contribution < 1.29 is 13.6 Å². The third-order valence-electron chi connectivity index (χ3n) is 4.36. The second-order valence-electron chi connectivity index (χ2n) is 6.47. The Morgan fingerprint density at radius 2 is 1.68 bits per heavy atom. The molecule has 0 spiro atoms. The van der Waals surface area contributed by atoms with Gasteiger partial charge in [0.15, 0.2) is 0 Å². The van der Waals surface area contributed by atoms with Crippen molar-refractivity contribution in [2.45, 2.75) is 13.8 Å². The number of carbonyl (C=O) groups excluding carboxylic acids is 1. The minimum Gasteiger partial charge on any atom is -0.306 e. The van der Waals surface area contributed by atoms with Gasteiger partial charge in [-0.15, -0.1) is 0 Å². The fraction of sp³-hybridized carbons (Fsp3) is 0.0952. The minimum atomic E-state index is -0.379. The molecule has 28 heavy (non-hydrogen) atoms. The average Bonchev–Trinajstić information content (AvgIpc) is 3.01. The molecule has 7 heteroatoms. The molecule has 0 radical (unpaired) electrons. The summed E-state index contributed by atoms with van der Waals surface area (Å²) in [5.41, 5.74) is 2.67. The number of halogens is 2. The number of carbonyl (C=O) groups is 1. The fourth-order valence-electron chi connectivity index (χ4n) is 3.02. The predicted molar refractivity (Wildman–Crippen MR) is 103 cm³/mol. The summed E-state index contributed by atoms with van der Waals surface area (Å²) in [5, 5.41) is 7.86. The smallest absolute Gasteiger partial charge is 0.258 e. The van der Waals surface area contributed by atoms with E-state index in [2.05, 4.69) is 15.4 Å². The van der Waals surface area contributed by atoms with E-state index in [1.807, 2.05) is 0 Å². The Morgan fingerprint density at radius 3 is 2.43 bits per heavy atom. The van der Waals surface area contributed by atoms with E-state index in [1.165, 1.54) is 28.9 Å². The molecule has 0 aliphatic heterocycles. The highest BCUT2D eigenvalue weighted by atomic mass is 19.1.